The van der Waals surface area contributed by atoms with Crippen LogP contribution in [0.1, 0.15) is 56.8 Å². The molecule has 2 saturated heterocycles. The number of piperidine rings is 1. The lowest BCUT2D eigenvalue weighted by Gasteiger charge is -2.37. The lowest BCUT2D eigenvalue weighted by atomic mass is 9.69. The van der Waals surface area contributed by atoms with E-state index in [9.17, 15) is 14.0 Å². The van der Waals surface area contributed by atoms with Gasteiger partial charge in [0, 0.05) is 44.2 Å². The summed E-state index contributed by atoms with van der Waals surface area (Å²) in [7, 11) is 0. The Morgan fingerprint density at radius 2 is 1.71 bits per heavy atom. The van der Waals surface area contributed by atoms with E-state index in [4.69, 9.17) is 4.74 Å². The molecule has 1 N–H and O–H groups in total. The Morgan fingerprint density at radius 1 is 1.06 bits per heavy atom. The summed E-state index contributed by atoms with van der Waals surface area (Å²) in [5, 5.41) is 3.00. The van der Waals surface area contributed by atoms with Gasteiger partial charge in [-0.2, -0.15) is 0 Å². The molecular formula is C28H40FN3O3. The second kappa shape index (κ2) is 9.72. The topological polar surface area (TPSA) is 61.9 Å². The van der Waals surface area contributed by atoms with Gasteiger partial charge in [0.25, 0.3) is 5.91 Å². The molecule has 0 radical (unpaired) electrons. The van der Waals surface area contributed by atoms with Gasteiger partial charge >= 0.3 is 0 Å². The minimum Gasteiger partial charge on any atom is -0.378 e. The number of rotatable bonds is 5. The van der Waals surface area contributed by atoms with E-state index < -0.39 is 0 Å². The summed E-state index contributed by atoms with van der Waals surface area (Å²) < 4.78 is 20.0. The Hall–Kier alpha value is -2.15. The normalized spacial score (nSPS) is 30.7. The summed E-state index contributed by atoms with van der Waals surface area (Å²) in [6, 6.07) is 4.73. The Balaban J connectivity index is 1.06. The molecule has 35 heavy (non-hydrogen) atoms. The fourth-order valence-electron chi connectivity index (χ4n) is 6.62. The lowest BCUT2D eigenvalue weighted by Crippen LogP contribution is -2.39. The molecule has 5 rings (SSSR count). The Bertz CT molecular complexity index is 935. The van der Waals surface area contributed by atoms with E-state index in [1.54, 1.807) is 12.1 Å². The van der Waals surface area contributed by atoms with Crippen molar-refractivity contribution in [3.05, 3.63) is 29.6 Å². The lowest BCUT2D eigenvalue weighted by molar-refractivity contribution is -0.136. The summed E-state index contributed by atoms with van der Waals surface area (Å²) in [4.78, 5) is 29.7. The van der Waals surface area contributed by atoms with E-state index in [-0.39, 0.29) is 17.6 Å². The van der Waals surface area contributed by atoms with Crippen LogP contribution in [0.15, 0.2) is 18.2 Å². The van der Waals surface area contributed by atoms with Gasteiger partial charge in [-0.25, -0.2) is 4.39 Å². The number of nitrogens with one attached hydrogen (secondary N) is 1. The van der Waals surface area contributed by atoms with Crippen LogP contribution in [0.2, 0.25) is 0 Å². The molecule has 4 aliphatic rings. The number of amides is 2. The monoisotopic (exact) mass is 485 g/mol. The van der Waals surface area contributed by atoms with Crippen LogP contribution in [0.4, 0.5) is 10.1 Å². The maximum Gasteiger partial charge on any atom is 0.251 e. The molecule has 4 fully saturated rings. The molecule has 2 unspecified atom stereocenters. The second-order valence-electron chi connectivity index (χ2n) is 12.1. The van der Waals surface area contributed by atoms with Crippen LogP contribution < -0.4 is 10.2 Å². The standard InChI is InChI=1S/C28H40FN3O3/c1-28(2,3)20-7-4-18(5-8-20)27(34)32-16-22-21(23(22)17-32)15-30-26(33)19-6-9-25(24(29)14-19)31-10-12-35-13-11-31/h6,9,14,18,20-23H,4-5,7-8,10-13,15-17H2,1-3H3,(H,30,33). The highest BCUT2D eigenvalue weighted by molar-refractivity contribution is 5.94. The fourth-order valence-corrected chi connectivity index (χ4v) is 6.62. The maximum atomic E-state index is 14.6. The first-order valence-corrected chi connectivity index (χ1v) is 13.4. The van der Waals surface area contributed by atoms with Crippen molar-refractivity contribution in [3.63, 3.8) is 0 Å². The van der Waals surface area contributed by atoms with Gasteiger partial charge in [-0.15, -0.1) is 0 Å². The van der Waals surface area contributed by atoms with Gasteiger partial charge in [-0.1, -0.05) is 20.8 Å². The summed E-state index contributed by atoms with van der Waals surface area (Å²) in [6.07, 6.45) is 4.35. The van der Waals surface area contributed by atoms with Gasteiger partial charge in [0.2, 0.25) is 5.91 Å². The summed E-state index contributed by atoms with van der Waals surface area (Å²) in [5.74, 6) is 2.08. The van der Waals surface area contributed by atoms with Gasteiger partial charge in [0.15, 0.2) is 0 Å². The first kappa shape index (κ1) is 24.5. The van der Waals surface area contributed by atoms with Crippen molar-refractivity contribution in [3.8, 4) is 0 Å². The Morgan fingerprint density at radius 3 is 2.31 bits per heavy atom. The molecule has 2 saturated carbocycles. The van der Waals surface area contributed by atoms with E-state index in [0.29, 0.717) is 73.2 Å². The first-order chi connectivity index (χ1) is 16.7. The van der Waals surface area contributed by atoms with Crippen molar-refractivity contribution < 1.29 is 18.7 Å². The van der Waals surface area contributed by atoms with Crippen molar-refractivity contribution in [2.75, 3.05) is 50.8 Å². The molecule has 0 aromatic heterocycles. The number of morpholine rings is 1. The molecule has 2 heterocycles. The molecule has 7 heteroatoms. The number of nitrogens with zero attached hydrogens (tertiary/aromatic N) is 2. The summed E-state index contributed by atoms with van der Waals surface area (Å²) >= 11 is 0. The average molecular weight is 486 g/mol. The van der Waals surface area contributed by atoms with E-state index in [0.717, 1.165) is 44.7 Å². The predicted molar refractivity (Wildman–Crippen MR) is 134 cm³/mol. The second-order valence-corrected chi connectivity index (χ2v) is 12.1. The Kier molecular flexibility index (Phi) is 6.81. The van der Waals surface area contributed by atoms with Gasteiger partial charge in [0.05, 0.1) is 18.9 Å². The number of benzene rings is 1. The number of likely N-dealkylation sites (tertiary alicyclic amines) is 1. The van der Waals surface area contributed by atoms with Crippen molar-refractivity contribution in [1.29, 1.82) is 0 Å². The third-order valence-corrected chi connectivity index (χ3v) is 9.04. The quantitative estimate of drug-likeness (QED) is 0.686. The zero-order valence-corrected chi connectivity index (χ0v) is 21.4. The fraction of sp³-hybridized carbons (Fsp3) is 0.714. The van der Waals surface area contributed by atoms with E-state index in [1.807, 2.05) is 4.90 Å². The van der Waals surface area contributed by atoms with Crippen LogP contribution >= 0.6 is 0 Å². The van der Waals surface area contributed by atoms with E-state index in [2.05, 4.69) is 31.0 Å². The molecule has 2 aliphatic carbocycles. The Labute approximate surface area is 208 Å². The summed E-state index contributed by atoms with van der Waals surface area (Å²) in [5.41, 5.74) is 1.21. The minimum absolute atomic E-state index is 0.194. The van der Waals surface area contributed by atoms with Crippen LogP contribution in [0.5, 0.6) is 0 Å². The van der Waals surface area contributed by atoms with Gasteiger partial charge < -0.3 is 19.9 Å². The van der Waals surface area contributed by atoms with Gasteiger partial charge in [0.1, 0.15) is 5.82 Å². The highest BCUT2D eigenvalue weighted by Crippen LogP contribution is 2.52. The molecule has 2 amide bonds. The SMILES string of the molecule is CC(C)(C)C1CCC(C(=O)N2CC3C(CNC(=O)c4ccc(N5CCOCC5)c(F)c4)C3C2)CC1. The van der Waals surface area contributed by atoms with Crippen molar-refractivity contribution >= 4 is 17.5 Å². The van der Waals surface area contributed by atoms with Gasteiger partial charge in [-0.05, 0) is 73.0 Å². The summed E-state index contributed by atoms with van der Waals surface area (Å²) in [6.45, 7) is 11.7. The molecule has 1 aromatic carbocycles. The molecular weight excluding hydrogens is 445 g/mol. The zero-order valence-electron chi connectivity index (χ0n) is 21.4. The number of carbonyl (C=O) groups excluding carboxylic acids is 2. The zero-order chi connectivity index (χ0) is 24.7. The smallest absolute Gasteiger partial charge is 0.251 e. The first-order valence-electron chi connectivity index (χ1n) is 13.4. The number of anilines is 1. The third-order valence-electron chi connectivity index (χ3n) is 9.04. The molecule has 6 nitrogen and oxygen atoms in total. The molecule has 192 valence electrons. The molecule has 0 bridgehead atoms. The largest absolute Gasteiger partial charge is 0.378 e. The van der Waals surface area contributed by atoms with Crippen molar-refractivity contribution in [2.24, 2.45) is 35.0 Å². The maximum absolute atomic E-state index is 14.6. The molecule has 2 aliphatic heterocycles. The predicted octanol–water partition coefficient (Wildman–Crippen LogP) is 3.95. The van der Waals surface area contributed by atoms with E-state index >= 15 is 0 Å². The van der Waals surface area contributed by atoms with Crippen LogP contribution in [-0.4, -0.2) is 62.7 Å². The average Bonchev–Trinajstić information content (AvgIpc) is 3.30. The number of hydrogen-bond acceptors (Lipinski definition) is 4. The van der Waals surface area contributed by atoms with Crippen LogP contribution in [0.25, 0.3) is 0 Å². The van der Waals surface area contributed by atoms with E-state index in [1.165, 1.54) is 6.07 Å². The molecule has 2 atom stereocenters. The van der Waals surface area contributed by atoms with Gasteiger partial charge in [-0.3, -0.25) is 9.59 Å². The highest BCUT2D eigenvalue weighted by Gasteiger charge is 2.56. The number of hydrogen-bond donors (Lipinski definition) is 1. The molecule has 1 aromatic rings. The number of carbonyl (C=O) groups is 2. The number of halogens is 1. The third kappa shape index (κ3) is 5.20. The van der Waals surface area contributed by atoms with Crippen molar-refractivity contribution in [2.45, 2.75) is 46.5 Å². The van der Waals surface area contributed by atoms with Crippen LogP contribution in [-0.2, 0) is 9.53 Å². The number of ether oxygens (including phenoxy) is 1. The minimum atomic E-state index is -0.367. The van der Waals surface area contributed by atoms with Crippen molar-refractivity contribution in [1.82, 2.24) is 10.2 Å². The highest BCUT2D eigenvalue weighted by atomic mass is 19.1. The molecule has 0 spiro atoms. The van der Waals surface area contributed by atoms with Crippen LogP contribution in [0.3, 0.4) is 0 Å². The van der Waals surface area contributed by atoms with Crippen LogP contribution in [0, 0.1) is 40.8 Å². The number of fused-ring (bicyclic) bond motifs is 1.